The number of piperazine rings is 1. The summed E-state index contributed by atoms with van der Waals surface area (Å²) in [5.74, 6) is 0.117. The molecule has 1 fully saturated rings. The minimum Gasteiger partial charge on any atom is -0.348 e. The van der Waals surface area contributed by atoms with Gasteiger partial charge in [0, 0.05) is 63.9 Å². The average Bonchev–Trinajstić information content (AvgIpc) is 2.54. The average molecular weight is 353 g/mol. The second-order valence-corrected chi connectivity index (χ2v) is 6.65. The van der Waals surface area contributed by atoms with Gasteiger partial charge < -0.3 is 15.1 Å². The Hall–Kier alpha value is -1.63. The highest BCUT2D eigenvalue weighted by atomic mass is 35.5. The van der Waals surface area contributed by atoms with Crippen LogP contribution in [0, 0.1) is 0 Å². The number of likely N-dealkylation sites (N-methyl/N-ethyl adjacent to an activating group) is 1. The normalized spacial score (nSPS) is 16.0. The lowest BCUT2D eigenvalue weighted by atomic mass is 10.2. The van der Waals surface area contributed by atoms with Gasteiger partial charge in [0.25, 0.3) is 0 Å². The zero-order valence-corrected chi connectivity index (χ0v) is 15.1. The van der Waals surface area contributed by atoms with E-state index in [0.29, 0.717) is 18.0 Å². The van der Waals surface area contributed by atoms with Crippen molar-refractivity contribution in [2.24, 2.45) is 0 Å². The standard InChI is InChI=1S/C17H25ClN4O2/c1-20(2)17(24)13-22-10-8-21(9-11-22)7-6-16(23)19-15-5-3-4-14(18)12-15/h3-5,12H,6-11,13H2,1-2H3,(H,19,23). The Labute approximate surface area is 148 Å². The number of rotatable bonds is 6. The summed E-state index contributed by atoms with van der Waals surface area (Å²) in [5.41, 5.74) is 0.722. The van der Waals surface area contributed by atoms with Gasteiger partial charge in [-0.3, -0.25) is 14.5 Å². The quantitative estimate of drug-likeness (QED) is 0.840. The number of nitrogens with zero attached hydrogens (tertiary/aromatic N) is 3. The molecule has 2 amide bonds. The molecule has 0 saturated carbocycles. The summed E-state index contributed by atoms with van der Waals surface area (Å²) in [5, 5.41) is 3.47. The number of carbonyl (C=O) groups excluding carboxylic acids is 2. The van der Waals surface area contributed by atoms with Gasteiger partial charge in [0.1, 0.15) is 0 Å². The zero-order chi connectivity index (χ0) is 17.5. The molecule has 1 aliphatic heterocycles. The van der Waals surface area contributed by atoms with Gasteiger partial charge in [0.05, 0.1) is 6.54 Å². The van der Waals surface area contributed by atoms with E-state index in [4.69, 9.17) is 11.6 Å². The molecule has 0 atom stereocenters. The molecule has 132 valence electrons. The van der Waals surface area contributed by atoms with Crippen LogP contribution in [0.5, 0.6) is 0 Å². The van der Waals surface area contributed by atoms with Gasteiger partial charge in [0.15, 0.2) is 0 Å². The van der Waals surface area contributed by atoms with Crippen LogP contribution in [0.25, 0.3) is 0 Å². The van der Waals surface area contributed by atoms with Crippen molar-refractivity contribution < 1.29 is 9.59 Å². The van der Waals surface area contributed by atoms with E-state index in [0.717, 1.165) is 38.4 Å². The molecule has 2 rings (SSSR count). The van der Waals surface area contributed by atoms with Crippen molar-refractivity contribution in [3.8, 4) is 0 Å². The van der Waals surface area contributed by atoms with Crippen LogP contribution in [-0.4, -0.2) is 79.9 Å². The number of hydrogen-bond acceptors (Lipinski definition) is 4. The first-order valence-electron chi connectivity index (χ1n) is 8.14. The predicted molar refractivity (Wildman–Crippen MR) is 96.3 cm³/mol. The second-order valence-electron chi connectivity index (χ2n) is 6.21. The Bertz CT molecular complexity index is 571. The van der Waals surface area contributed by atoms with Crippen LogP contribution in [0.15, 0.2) is 24.3 Å². The fourth-order valence-electron chi connectivity index (χ4n) is 2.55. The van der Waals surface area contributed by atoms with E-state index in [1.165, 1.54) is 0 Å². The summed E-state index contributed by atoms with van der Waals surface area (Å²) < 4.78 is 0. The number of nitrogens with one attached hydrogen (secondary N) is 1. The van der Waals surface area contributed by atoms with Crippen LogP contribution >= 0.6 is 11.6 Å². The minimum atomic E-state index is -0.0116. The topological polar surface area (TPSA) is 55.9 Å². The van der Waals surface area contributed by atoms with Gasteiger partial charge in [-0.1, -0.05) is 17.7 Å². The molecule has 0 radical (unpaired) electrons. The Kier molecular flexibility index (Phi) is 7.02. The van der Waals surface area contributed by atoms with E-state index in [9.17, 15) is 9.59 Å². The Balaban J connectivity index is 1.67. The van der Waals surface area contributed by atoms with Crippen LogP contribution in [0.2, 0.25) is 5.02 Å². The van der Waals surface area contributed by atoms with Crippen molar-refractivity contribution in [1.29, 1.82) is 0 Å². The molecule has 1 saturated heterocycles. The van der Waals surface area contributed by atoms with Crippen molar-refractivity contribution in [2.45, 2.75) is 6.42 Å². The Morgan fingerprint density at radius 1 is 1.17 bits per heavy atom. The molecule has 1 aromatic carbocycles. The van der Waals surface area contributed by atoms with Crippen LogP contribution in [0.1, 0.15) is 6.42 Å². The van der Waals surface area contributed by atoms with Gasteiger partial charge >= 0.3 is 0 Å². The molecule has 0 aliphatic carbocycles. The first-order valence-corrected chi connectivity index (χ1v) is 8.52. The lowest BCUT2D eigenvalue weighted by Gasteiger charge is -2.34. The van der Waals surface area contributed by atoms with E-state index in [1.807, 2.05) is 12.1 Å². The first kappa shape index (κ1) is 18.7. The summed E-state index contributed by atoms with van der Waals surface area (Å²) in [4.78, 5) is 29.8. The van der Waals surface area contributed by atoms with Crippen molar-refractivity contribution in [2.75, 3.05) is 58.7 Å². The fraction of sp³-hybridized carbons (Fsp3) is 0.529. The molecule has 6 nitrogen and oxygen atoms in total. The maximum atomic E-state index is 12.0. The molecule has 24 heavy (non-hydrogen) atoms. The molecule has 1 heterocycles. The third-order valence-electron chi connectivity index (χ3n) is 4.09. The third kappa shape index (κ3) is 6.11. The summed E-state index contributed by atoms with van der Waals surface area (Å²) in [6.07, 6.45) is 0.448. The molecule has 1 aromatic rings. The van der Waals surface area contributed by atoms with Crippen LogP contribution < -0.4 is 5.32 Å². The molecule has 1 N–H and O–H groups in total. The smallest absolute Gasteiger partial charge is 0.236 e. The van der Waals surface area contributed by atoms with Crippen molar-refractivity contribution in [3.63, 3.8) is 0 Å². The van der Waals surface area contributed by atoms with Crippen LogP contribution in [0.4, 0.5) is 5.69 Å². The van der Waals surface area contributed by atoms with Gasteiger partial charge in [0.2, 0.25) is 11.8 Å². The Morgan fingerprint density at radius 3 is 2.46 bits per heavy atom. The maximum Gasteiger partial charge on any atom is 0.236 e. The number of halogens is 1. The number of benzene rings is 1. The molecular formula is C17H25ClN4O2. The fourth-order valence-corrected chi connectivity index (χ4v) is 2.74. The molecule has 0 bridgehead atoms. The molecular weight excluding hydrogens is 328 g/mol. The highest BCUT2D eigenvalue weighted by Gasteiger charge is 2.19. The van der Waals surface area contributed by atoms with Crippen molar-refractivity contribution >= 4 is 29.1 Å². The summed E-state index contributed by atoms with van der Waals surface area (Å²) in [6, 6.07) is 7.15. The van der Waals surface area contributed by atoms with E-state index in [2.05, 4.69) is 15.1 Å². The van der Waals surface area contributed by atoms with E-state index in [1.54, 1.807) is 31.1 Å². The maximum absolute atomic E-state index is 12.0. The minimum absolute atomic E-state index is 0.0116. The third-order valence-corrected chi connectivity index (χ3v) is 4.32. The number of carbonyl (C=O) groups is 2. The second kappa shape index (κ2) is 9.01. The van der Waals surface area contributed by atoms with E-state index in [-0.39, 0.29) is 11.8 Å². The van der Waals surface area contributed by atoms with Crippen molar-refractivity contribution in [3.05, 3.63) is 29.3 Å². The van der Waals surface area contributed by atoms with Gasteiger partial charge in [-0.2, -0.15) is 0 Å². The predicted octanol–water partition coefficient (Wildman–Crippen LogP) is 1.37. The largest absolute Gasteiger partial charge is 0.348 e. The lowest BCUT2D eigenvalue weighted by Crippen LogP contribution is -2.49. The Morgan fingerprint density at radius 2 is 1.83 bits per heavy atom. The van der Waals surface area contributed by atoms with Crippen LogP contribution in [0.3, 0.4) is 0 Å². The summed E-state index contributed by atoms with van der Waals surface area (Å²) in [7, 11) is 3.55. The molecule has 1 aliphatic rings. The summed E-state index contributed by atoms with van der Waals surface area (Å²) in [6.45, 7) is 4.67. The van der Waals surface area contributed by atoms with E-state index >= 15 is 0 Å². The van der Waals surface area contributed by atoms with E-state index < -0.39 is 0 Å². The molecule has 7 heteroatoms. The SMILES string of the molecule is CN(C)C(=O)CN1CCN(CCC(=O)Nc2cccc(Cl)c2)CC1. The highest BCUT2D eigenvalue weighted by Crippen LogP contribution is 2.15. The number of anilines is 1. The van der Waals surface area contributed by atoms with Gasteiger partial charge in [-0.15, -0.1) is 0 Å². The number of amides is 2. The molecule has 0 spiro atoms. The highest BCUT2D eigenvalue weighted by molar-refractivity contribution is 6.30. The molecule has 0 aromatic heterocycles. The first-order chi connectivity index (χ1) is 11.4. The van der Waals surface area contributed by atoms with Gasteiger partial charge in [-0.05, 0) is 18.2 Å². The van der Waals surface area contributed by atoms with Crippen molar-refractivity contribution in [1.82, 2.24) is 14.7 Å². The molecule has 0 unspecified atom stereocenters. The monoisotopic (exact) mass is 352 g/mol. The van der Waals surface area contributed by atoms with Crippen LogP contribution in [-0.2, 0) is 9.59 Å². The van der Waals surface area contributed by atoms with Gasteiger partial charge in [-0.25, -0.2) is 0 Å². The summed E-state index contributed by atoms with van der Waals surface area (Å²) >= 11 is 5.91. The lowest BCUT2D eigenvalue weighted by molar-refractivity contribution is -0.130. The number of hydrogen-bond donors (Lipinski definition) is 1. The zero-order valence-electron chi connectivity index (χ0n) is 14.3.